The maximum atomic E-state index is 11.1. The molecular formula is C73H103N21O18S4. The number of aliphatic hydroxyl groups excluding tert-OH is 4. The van der Waals surface area contributed by atoms with Gasteiger partial charge in [-0.1, -0.05) is 74.6 Å². The van der Waals surface area contributed by atoms with Crippen LogP contribution in [0.25, 0.3) is 11.2 Å². The van der Waals surface area contributed by atoms with Gasteiger partial charge in [0, 0.05) is 86.2 Å². The number of hydrogen-bond acceptors (Lipinski definition) is 34. The molecule has 1 aliphatic heterocycles. The monoisotopic (exact) mass is 1690 g/mol. The van der Waals surface area contributed by atoms with E-state index in [9.17, 15) is 54.1 Å². The summed E-state index contributed by atoms with van der Waals surface area (Å²) in [4.78, 5) is 51.6. The van der Waals surface area contributed by atoms with Gasteiger partial charge in [-0.3, -0.25) is 16.7 Å². The molecule has 0 unspecified atom stereocenters. The fourth-order valence-electron chi connectivity index (χ4n) is 17.1. The number of H-pyrrole nitrogens is 1. The molecule has 0 saturated heterocycles. The van der Waals surface area contributed by atoms with Crippen LogP contribution in [-0.4, -0.2) is 209 Å². The fraction of sp³-hybridized carbons (Fsp3) is 0.603. The lowest BCUT2D eigenvalue weighted by Crippen LogP contribution is -2.25. The van der Waals surface area contributed by atoms with Crippen molar-refractivity contribution in [3.8, 4) is 5.88 Å². The molecule has 0 amide bonds. The molecule has 632 valence electrons. The van der Waals surface area contributed by atoms with Crippen molar-refractivity contribution in [1.82, 2.24) is 54.8 Å². The highest BCUT2D eigenvalue weighted by molar-refractivity contribution is 7.85. The van der Waals surface area contributed by atoms with Crippen molar-refractivity contribution in [1.29, 1.82) is 0 Å². The number of imidazole rings is 1. The van der Waals surface area contributed by atoms with Crippen LogP contribution in [0.1, 0.15) is 173 Å². The van der Waals surface area contributed by atoms with Crippen LogP contribution in [0.5, 0.6) is 5.88 Å². The predicted octanol–water partition coefficient (Wildman–Crippen LogP) is 3.91. The third-order valence-corrected chi connectivity index (χ3v) is 24.7. The van der Waals surface area contributed by atoms with Gasteiger partial charge in [-0.05, 0) is 124 Å². The number of anilines is 5. The van der Waals surface area contributed by atoms with E-state index in [4.69, 9.17) is 35.0 Å². The highest BCUT2D eigenvalue weighted by atomic mass is 32.2. The van der Waals surface area contributed by atoms with Crippen molar-refractivity contribution in [2.45, 2.75) is 220 Å². The Labute approximate surface area is 673 Å². The number of aromatic amines is 1. The lowest BCUT2D eigenvalue weighted by atomic mass is 9.86. The molecule has 6 fully saturated rings. The van der Waals surface area contributed by atoms with E-state index in [1.807, 2.05) is 12.1 Å². The van der Waals surface area contributed by atoms with Gasteiger partial charge < -0.3 is 61.5 Å². The Morgan fingerprint density at radius 3 is 1.69 bits per heavy atom. The second kappa shape index (κ2) is 38.3. The molecule has 16 rings (SSSR count). The average molecular weight is 1690 g/mol. The minimum absolute atomic E-state index is 0.0323. The molecule has 6 heterocycles. The number of fused-ring (bicyclic) bond motifs is 4. The number of nitrogens with two attached hydrogens (primary N) is 4. The van der Waals surface area contributed by atoms with Crippen molar-refractivity contribution in [2.75, 3.05) is 60.1 Å². The molecule has 6 saturated carbocycles. The zero-order chi connectivity index (χ0) is 81.9. The van der Waals surface area contributed by atoms with Gasteiger partial charge in [0.1, 0.15) is 54.3 Å². The fourth-order valence-corrected chi connectivity index (χ4v) is 18.6. The summed E-state index contributed by atoms with van der Waals surface area (Å²) in [6, 6.07) is 16.5. The Hall–Kier alpha value is -8.09. The zero-order valence-electron chi connectivity index (χ0n) is 64.1. The first kappa shape index (κ1) is 85.8. The number of hydrogen-bond donors (Lipinski definition) is 14. The van der Waals surface area contributed by atoms with Crippen molar-refractivity contribution in [3.63, 3.8) is 0 Å². The Kier molecular flexibility index (Phi) is 28.3. The van der Waals surface area contributed by atoms with Crippen LogP contribution in [0, 0.1) is 23.7 Å². The maximum Gasteiger partial charge on any atom is 0.333 e. The molecule has 0 spiro atoms. The summed E-state index contributed by atoms with van der Waals surface area (Å²) in [5.41, 5.74) is 10.5. The summed E-state index contributed by atoms with van der Waals surface area (Å²) in [7, 11) is -14.4. The van der Waals surface area contributed by atoms with Crippen LogP contribution >= 0.6 is 0 Å². The molecule has 14 atom stereocenters. The van der Waals surface area contributed by atoms with Gasteiger partial charge in [-0.25, -0.2) is 70.4 Å². The number of benzene rings is 2. The van der Waals surface area contributed by atoms with Gasteiger partial charge in [0.15, 0.2) is 17.3 Å². The summed E-state index contributed by atoms with van der Waals surface area (Å²) in [6.07, 6.45) is 23.4. The number of aromatic nitrogens is 11. The molecule has 0 radical (unpaired) electrons. The number of ether oxygens (including phenoxy) is 2. The summed E-state index contributed by atoms with van der Waals surface area (Å²) in [5.74, 6) is 3.28. The molecule has 7 aromatic rings. The minimum Gasteiger partial charge on any atom is -0.474 e. The maximum absolute atomic E-state index is 11.1. The van der Waals surface area contributed by atoms with Gasteiger partial charge >= 0.3 is 41.2 Å². The predicted molar refractivity (Wildman–Crippen MR) is 425 cm³/mol. The number of nitrogens with one attached hydrogen (secondary N) is 6. The van der Waals surface area contributed by atoms with E-state index in [-0.39, 0.29) is 86.5 Å². The number of nitrogens with zero attached hydrogens (tertiary/aromatic N) is 11. The highest BCUT2D eigenvalue weighted by Gasteiger charge is 2.40. The first-order valence-electron chi connectivity index (χ1n) is 39.2. The van der Waals surface area contributed by atoms with Crippen LogP contribution in [0.15, 0.2) is 78.8 Å². The molecule has 2 aromatic carbocycles. The molecule has 43 heteroatoms. The van der Waals surface area contributed by atoms with E-state index in [0.29, 0.717) is 105 Å². The third kappa shape index (κ3) is 23.9. The standard InChI is InChI=1S/C22H27N5O4S.C19H26N6O5S.C17H26N6O4S.C15H24N4O5S/c23-32(29,30)31-11-14-8-15(9-20(14)28)26-22-21-19(24-12-25-22)10-18(27-21)17-7-3-5-13-4-1-2-6-16(13)17;1-29-16-7-11-4-2-3-5-14(11)17(16)24-19-22-10-21-18(25-19)23-13-6-12(15(26)8-13)9-30-31(20,27)28;18-28(25,26)27-8-11-6-12(7-13(11)24)21-16-14-17(20-9-19-16)23-15(22-14)10-4-2-1-3-5-10;16-25(21,22)23-8-10-5-12(6-13(10)20)24-15-7-14(17-9-18-15)19-11-3-1-2-4-11/h3,5,7,12,14-15,20,28H,1-2,4,6,8-11H2,(H2,23,29,30)(H,24,25,26);2-5,10,12-13,15-17,26H,6-9H2,1H3,(H2,20,27,28)(H2,21,22,23,24,25);9-13,24H,1-8H2,(H2,18,25,26)(H2,19,20,21,22,23);7,9-13,20H,1-6,8H2,(H2,16,21,22)(H,17,18,19)/t14-,15+,20-;12-,13+,15-,16-,17+;11-,12+,13-;10-,12+,13-/m0000/s1. The van der Waals surface area contributed by atoms with Gasteiger partial charge in [0.25, 0.3) is 0 Å². The molecule has 116 heavy (non-hydrogen) atoms. The Morgan fingerprint density at radius 1 is 0.509 bits per heavy atom. The second-order valence-electron chi connectivity index (χ2n) is 31.1. The van der Waals surface area contributed by atoms with E-state index in [1.165, 1.54) is 92.5 Å². The number of aryl methyl sites for hydroxylation is 1. The summed E-state index contributed by atoms with van der Waals surface area (Å²) in [5, 5.41) is 76.8. The van der Waals surface area contributed by atoms with Crippen molar-refractivity contribution < 1.29 is 80.3 Å². The van der Waals surface area contributed by atoms with Crippen molar-refractivity contribution >= 4 is 93.1 Å². The first-order valence-corrected chi connectivity index (χ1v) is 45.1. The van der Waals surface area contributed by atoms with Crippen molar-refractivity contribution in [3.05, 3.63) is 113 Å². The van der Waals surface area contributed by atoms with Gasteiger partial charge in [-0.15, -0.1) is 0 Å². The SMILES string of the molecule is CO[C@H]1Cc2ccccc2[C@H]1Nc1ncnc(N[C@@H]2C[C@@H](COS(N)(=O)=O)[C@@H](O)C2)n1.NS(=O)(=O)OC[C@@H]1C[C@@H](Nc2ncnc3c2N=C(c2cccc4c2CCCC4)C3)C[C@@H]1O.NS(=O)(=O)OC[C@@H]1C[C@@H](Nc2ncnc3nc(C4CCCCC4)[nH]c23)C[C@@H]1O.NS(=O)(=O)OC[C@@H]1C[C@@H](Oc2cc(NC3CCCC3)ncn2)C[C@@H]1O. The second-order valence-corrected chi connectivity index (χ2v) is 36.0. The third-order valence-electron chi connectivity index (χ3n) is 22.9. The van der Waals surface area contributed by atoms with Crippen LogP contribution in [0.4, 0.5) is 35.0 Å². The van der Waals surface area contributed by atoms with Crippen molar-refractivity contribution in [2.24, 2.45) is 49.2 Å². The highest BCUT2D eigenvalue weighted by Crippen LogP contribution is 2.41. The summed E-state index contributed by atoms with van der Waals surface area (Å²) < 4.78 is 118. The van der Waals surface area contributed by atoms with E-state index < -0.39 is 65.6 Å². The van der Waals surface area contributed by atoms with Crippen LogP contribution in [-0.2, 0) is 88.4 Å². The Morgan fingerprint density at radius 2 is 1.05 bits per heavy atom. The van der Waals surface area contributed by atoms with E-state index in [1.54, 1.807) is 13.2 Å². The summed E-state index contributed by atoms with van der Waals surface area (Å²) in [6.45, 7) is -0.589. The quantitative estimate of drug-likeness (QED) is 0.0347. The van der Waals surface area contributed by atoms with E-state index in [2.05, 4.69) is 128 Å². The summed E-state index contributed by atoms with van der Waals surface area (Å²) >= 11 is 0. The Balaban J connectivity index is 0.000000135. The normalized spacial score (nSPS) is 26.6. The number of aliphatic imine (C=N–C) groups is 1. The molecular weight excluding hydrogens is 1590 g/mol. The zero-order valence-corrected chi connectivity index (χ0v) is 67.4. The lowest BCUT2D eigenvalue weighted by Gasteiger charge is -2.21. The minimum atomic E-state index is -4.04. The van der Waals surface area contributed by atoms with E-state index in [0.717, 1.165) is 84.8 Å². The molecule has 8 aliphatic carbocycles. The topological polar surface area (TPSA) is 594 Å². The molecule has 39 nitrogen and oxygen atoms in total. The van der Waals surface area contributed by atoms with Gasteiger partial charge in [0.05, 0.1) is 74.4 Å². The average Bonchev–Trinajstić information content (AvgIpc) is 1.63. The van der Waals surface area contributed by atoms with Gasteiger partial charge in [-0.2, -0.15) is 38.7 Å². The smallest absolute Gasteiger partial charge is 0.333 e. The lowest BCUT2D eigenvalue weighted by molar-refractivity contribution is 0.0958. The molecule has 0 bridgehead atoms. The largest absolute Gasteiger partial charge is 0.474 e. The molecule has 5 aromatic heterocycles. The number of aliphatic hydroxyl groups is 4. The van der Waals surface area contributed by atoms with E-state index >= 15 is 0 Å². The Bertz CT molecular complexity index is 5020. The number of rotatable bonds is 27. The van der Waals surface area contributed by atoms with Crippen LogP contribution in [0.3, 0.4) is 0 Å². The van der Waals surface area contributed by atoms with Crippen LogP contribution < -0.4 is 51.9 Å². The van der Waals surface area contributed by atoms with Crippen LogP contribution in [0.2, 0.25) is 0 Å². The number of methoxy groups -OCH3 is 1. The van der Waals surface area contributed by atoms with Gasteiger partial charge in [0.2, 0.25) is 17.8 Å². The molecule has 9 aliphatic rings. The first-order chi connectivity index (χ1) is 55.5. The molecule has 18 N–H and O–H groups in total.